The highest BCUT2D eigenvalue weighted by Gasteiger charge is 2.62. The summed E-state index contributed by atoms with van der Waals surface area (Å²) in [7, 11) is 0. The van der Waals surface area contributed by atoms with E-state index in [0.717, 1.165) is 41.8 Å². The summed E-state index contributed by atoms with van der Waals surface area (Å²) in [6, 6.07) is 5.98. The number of benzene rings is 1. The van der Waals surface area contributed by atoms with Crippen LogP contribution in [-0.4, -0.2) is 16.1 Å². The third kappa shape index (κ3) is 2.04. The van der Waals surface area contributed by atoms with Gasteiger partial charge in [-0.1, -0.05) is 13.8 Å². The van der Waals surface area contributed by atoms with Crippen LogP contribution in [0.5, 0.6) is 0 Å². The van der Waals surface area contributed by atoms with Gasteiger partial charge in [0.25, 0.3) is 0 Å². The summed E-state index contributed by atoms with van der Waals surface area (Å²) in [4.78, 5) is 13.3. The predicted molar refractivity (Wildman–Crippen MR) is 94.6 cm³/mol. The van der Waals surface area contributed by atoms with Crippen LogP contribution in [0.2, 0.25) is 0 Å². The first-order valence-electron chi connectivity index (χ1n) is 9.12. The minimum absolute atomic E-state index is 0.158. The monoisotopic (exact) mass is 323 g/mol. The van der Waals surface area contributed by atoms with E-state index in [9.17, 15) is 4.79 Å². The molecule has 0 saturated heterocycles. The van der Waals surface area contributed by atoms with E-state index >= 15 is 0 Å². The molecule has 0 spiro atoms. The average Bonchev–Trinajstić information content (AvgIpc) is 2.90. The molecule has 24 heavy (non-hydrogen) atoms. The predicted octanol–water partition coefficient (Wildman–Crippen LogP) is 4.50. The molecule has 6 rings (SSSR count). The van der Waals surface area contributed by atoms with Gasteiger partial charge in [-0.2, -0.15) is 5.10 Å². The number of fused-ring (bicyclic) bond motifs is 1. The first-order chi connectivity index (χ1) is 11.4. The number of aromatic amines is 1. The molecule has 4 saturated carbocycles. The molecule has 4 fully saturated rings. The van der Waals surface area contributed by atoms with Crippen molar-refractivity contribution in [2.75, 3.05) is 5.32 Å². The zero-order valence-corrected chi connectivity index (χ0v) is 14.5. The van der Waals surface area contributed by atoms with Crippen molar-refractivity contribution in [2.45, 2.75) is 52.4 Å². The number of nitrogens with zero attached hydrogens (tertiary/aromatic N) is 1. The molecule has 0 radical (unpaired) electrons. The molecule has 4 aliphatic rings. The van der Waals surface area contributed by atoms with Crippen molar-refractivity contribution in [3.05, 3.63) is 24.4 Å². The maximum Gasteiger partial charge on any atom is 0.230 e. The quantitative estimate of drug-likeness (QED) is 0.855. The van der Waals surface area contributed by atoms with Crippen LogP contribution in [0.3, 0.4) is 0 Å². The van der Waals surface area contributed by atoms with Gasteiger partial charge in [-0.15, -0.1) is 0 Å². The Labute approximate surface area is 142 Å². The number of carbonyl (C=O) groups excluding carboxylic acids is 1. The van der Waals surface area contributed by atoms with Gasteiger partial charge < -0.3 is 5.32 Å². The van der Waals surface area contributed by atoms with Gasteiger partial charge >= 0.3 is 0 Å². The lowest BCUT2D eigenvalue weighted by Gasteiger charge is -2.64. The summed E-state index contributed by atoms with van der Waals surface area (Å²) in [5.41, 5.74) is 2.46. The van der Waals surface area contributed by atoms with Crippen molar-refractivity contribution < 1.29 is 4.79 Å². The lowest BCUT2D eigenvalue weighted by Crippen LogP contribution is -2.58. The van der Waals surface area contributed by atoms with E-state index in [-0.39, 0.29) is 11.3 Å². The lowest BCUT2D eigenvalue weighted by molar-refractivity contribution is -0.165. The molecule has 4 aliphatic carbocycles. The fourth-order valence-corrected chi connectivity index (χ4v) is 6.99. The van der Waals surface area contributed by atoms with E-state index in [2.05, 4.69) is 29.4 Å². The van der Waals surface area contributed by atoms with Gasteiger partial charge in [-0.05, 0) is 73.5 Å². The van der Waals surface area contributed by atoms with Crippen LogP contribution in [0.25, 0.3) is 10.9 Å². The van der Waals surface area contributed by atoms with E-state index in [4.69, 9.17) is 0 Å². The molecule has 4 bridgehead atoms. The van der Waals surface area contributed by atoms with E-state index in [1.54, 1.807) is 6.20 Å². The van der Waals surface area contributed by atoms with Gasteiger partial charge in [0.15, 0.2) is 0 Å². The second-order valence-corrected chi connectivity index (χ2v) is 9.54. The number of rotatable bonds is 2. The average molecular weight is 323 g/mol. The summed E-state index contributed by atoms with van der Waals surface area (Å²) in [5.74, 6) is 0.977. The molecule has 1 heterocycles. The highest BCUT2D eigenvalue weighted by molar-refractivity contribution is 5.97. The Bertz CT molecular complexity index is 820. The minimum atomic E-state index is -0.158. The zero-order valence-electron chi connectivity index (χ0n) is 14.5. The van der Waals surface area contributed by atoms with Crippen LogP contribution in [-0.2, 0) is 4.79 Å². The third-order valence-corrected chi connectivity index (χ3v) is 6.81. The van der Waals surface area contributed by atoms with Gasteiger partial charge in [0.2, 0.25) is 5.91 Å². The summed E-state index contributed by atoms with van der Waals surface area (Å²) < 4.78 is 0. The molecule has 126 valence electrons. The van der Waals surface area contributed by atoms with Crippen molar-refractivity contribution in [3.8, 4) is 0 Å². The standard InChI is InChI=1S/C20H25N3O/c1-18-6-13-7-19(2,10-18)12-20(8-13,11-18)17(24)22-15-3-4-16-14(5-15)9-21-23-16/h3-5,9,13H,6-8,10-12H2,1-2H3,(H,21,23)(H,22,24). The van der Waals surface area contributed by atoms with Gasteiger partial charge in [0.05, 0.1) is 17.1 Å². The molecule has 1 amide bonds. The fourth-order valence-electron chi connectivity index (χ4n) is 6.99. The number of H-pyrrole nitrogens is 1. The van der Waals surface area contributed by atoms with Crippen molar-refractivity contribution in [1.82, 2.24) is 10.2 Å². The Morgan fingerprint density at radius 3 is 2.62 bits per heavy atom. The van der Waals surface area contributed by atoms with E-state index in [1.807, 2.05) is 18.2 Å². The number of carbonyl (C=O) groups is 1. The van der Waals surface area contributed by atoms with Crippen LogP contribution in [0.1, 0.15) is 52.4 Å². The maximum atomic E-state index is 13.3. The number of nitrogens with one attached hydrogen (secondary N) is 2. The van der Waals surface area contributed by atoms with E-state index in [0.29, 0.717) is 10.8 Å². The van der Waals surface area contributed by atoms with Crippen LogP contribution in [0, 0.1) is 22.2 Å². The number of hydrogen-bond acceptors (Lipinski definition) is 2. The van der Waals surface area contributed by atoms with Crippen molar-refractivity contribution in [1.29, 1.82) is 0 Å². The van der Waals surface area contributed by atoms with Crippen molar-refractivity contribution in [2.24, 2.45) is 22.2 Å². The van der Waals surface area contributed by atoms with Gasteiger partial charge in [-0.25, -0.2) is 0 Å². The number of hydrogen-bond donors (Lipinski definition) is 2. The molecule has 4 nitrogen and oxygen atoms in total. The molecule has 2 aromatic rings. The molecule has 2 unspecified atom stereocenters. The Hall–Kier alpha value is -1.84. The number of aromatic nitrogens is 2. The third-order valence-electron chi connectivity index (χ3n) is 6.81. The van der Waals surface area contributed by atoms with E-state index in [1.165, 1.54) is 19.3 Å². The van der Waals surface area contributed by atoms with Crippen LogP contribution in [0.15, 0.2) is 24.4 Å². The molecule has 2 atom stereocenters. The van der Waals surface area contributed by atoms with Gasteiger partial charge in [0, 0.05) is 11.1 Å². The van der Waals surface area contributed by atoms with Crippen molar-refractivity contribution >= 4 is 22.5 Å². The zero-order chi connectivity index (χ0) is 16.6. The SMILES string of the molecule is CC12CC3CC(C)(C1)CC(C(=O)Nc1ccc4[nH]ncc4c1)(C3)C2. The second-order valence-electron chi connectivity index (χ2n) is 9.54. The molecule has 0 aliphatic heterocycles. The molecular weight excluding hydrogens is 298 g/mol. The number of anilines is 1. The summed E-state index contributed by atoms with van der Waals surface area (Å²) >= 11 is 0. The van der Waals surface area contributed by atoms with Gasteiger partial charge in [0.1, 0.15) is 0 Å². The molecule has 4 heteroatoms. The Morgan fingerprint density at radius 1 is 1.17 bits per heavy atom. The first kappa shape index (κ1) is 14.5. The molecule has 1 aromatic heterocycles. The lowest BCUT2D eigenvalue weighted by atomic mass is 9.40. The summed E-state index contributed by atoms with van der Waals surface area (Å²) in [6.07, 6.45) is 8.94. The second kappa shape index (κ2) is 4.41. The topological polar surface area (TPSA) is 57.8 Å². The molecule has 2 N–H and O–H groups in total. The normalized spacial score (nSPS) is 40.2. The summed E-state index contributed by atoms with van der Waals surface area (Å²) in [6.45, 7) is 4.82. The Morgan fingerprint density at radius 2 is 1.92 bits per heavy atom. The summed E-state index contributed by atoms with van der Waals surface area (Å²) in [5, 5.41) is 11.3. The van der Waals surface area contributed by atoms with Crippen LogP contribution >= 0.6 is 0 Å². The fraction of sp³-hybridized carbons (Fsp3) is 0.600. The first-order valence-corrected chi connectivity index (χ1v) is 9.12. The Balaban J connectivity index is 1.46. The smallest absolute Gasteiger partial charge is 0.230 e. The highest BCUT2D eigenvalue weighted by atomic mass is 16.2. The molecule has 1 aromatic carbocycles. The van der Waals surface area contributed by atoms with Gasteiger partial charge in [-0.3, -0.25) is 9.89 Å². The minimum Gasteiger partial charge on any atom is -0.326 e. The largest absolute Gasteiger partial charge is 0.326 e. The van der Waals surface area contributed by atoms with Crippen LogP contribution < -0.4 is 5.32 Å². The highest BCUT2D eigenvalue weighted by Crippen LogP contribution is 2.69. The maximum absolute atomic E-state index is 13.3. The number of amides is 1. The Kier molecular flexibility index (Phi) is 2.66. The van der Waals surface area contributed by atoms with Crippen LogP contribution in [0.4, 0.5) is 5.69 Å². The van der Waals surface area contributed by atoms with Crippen molar-refractivity contribution in [3.63, 3.8) is 0 Å². The van der Waals surface area contributed by atoms with E-state index < -0.39 is 0 Å². The molecular formula is C20H25N3O.